The van der Waals surface area contributed by atoms with E-state index in [0.29, 0.717) is 0 Å². The molecule has 0 radical (unpaired) electrons. The van der Waals surface area contributed by atoms with E-state index in [2.05, 4.69) is 38.0 Å². The molecular weight excluding hydrogens is 304 g/mol. The summed E-state index contributed by atoms with van der Waals surface area (Å²) in [4.78, 5) is 24.1. The molecule has 0 bridgehead atoms. The van der Waals surface area contributed by atoms with Crippen LogP contribution in [0.1, 0.15) is 49.9 Å². The molecule has 1 amide bonds. The van der Waals surface area contributed by atoms with E-state index in [1.54, 1.807) is 20.9 Å². The van der Waals surface area contributed by atoms with Gasteiger partial charge >= 0.3 is 5.97 Å². The Labute approximate surface area is 144 Å². The Morgan fingerprint density at radius 2 is 1.67 bits per heavy atom. The maximum Gasteiger partial charge on any atom is 0.354 e. The standard InChI is InChI=1S/C19H28N2O3/c1-7-15-10-13(4)11-16(8-2)17(15)12-18(22)21(6)20-14(5)19(23)24-9-3/h10-11H,7-9,12H2,1-6H3. The molecule has 0 aliphatic heterocycles. The number of carbonyl (C=O) groups is 2. The Morgan fingerprint density at radius 1 is 1.12 bits per heavy atom. The van der Waals surface area contributed by atoms with Crippen LogP contribution in [0.25, 0.3) is 0 Å². The van der Waals surface area contributed by atoms with Crippen molar-refractivity contribution in [1.29, 1.82) is 0 Å². The van der Waals surface area contributed by atoms with Crippen molar-refractivity contribution < 1.29 is 14.3 Å². The highest BCUT2D eigenvalue weighted by molar-refractivity contribution is 6.35. The number of nitrogens with zero attached hydrogens (tertiary/aromatic N) is 2. The summed E-state index contributed by atoms with van der Waals surface area (Å²) in [6.07, 6.45) is 2.04. The lowest BCUT2D eigenvalue weighted by atomic mass is 9.92. The number of ether oxygens (including phenoxy) is 1. The van der Waals surface area contributed by atoms with Crippen molar-refractivity contribution in [3.63, 3.8) is 0 Å². The second kappa shape index (κ2) is 9.21. The number of benzene rings is 1. The lowest BCUT2D eigenvalue weighted by molar-refractivity contribution is -0.135. The van der Waals surface area contributed by atoms with Gasteiger partial charge in [0.2, 0.25) is 5.91 Å². The second-order valence-electron chi connectivity index (χ2n) is 5.77. The first kappa shape index (κ1) is 19.9. The first-order valence-electron chi connectivity index (χ1n) is 8.44. The molecule has 0 heterocycles. The summed E-state index contributed by atoms with van der Waals surface area (Å²) in [6, 6.07) is 4.27. The van der Waals surface area contributed by atoms with Crippen molar-refractivity contribution >= 4 is 17.6 Å². The predicted molar refractivity (Wildman–Crippen MR) is 96.2 cm³/mol. The van der Waals surface area contributed by atoms with Crippen LogP contribution in [0.3, 0.4) is 0 Å². The number of rotatable bonds is 7. The van der Waals surface area contributed by atoms with Crippen molar-refractivity contribution in [2.75, 3.05) is 13.7 Å². The van der Waals surface area contributed by atoms with Crippen molar-refractivity contribution in [2.45, 2.75) is 53.9 Å². The Morgan fingerprint density at radius 3 is 2.12 bits per heavy atom. The minimum Gasteiger partial charge on any atom is -0.461 e. The molecule has 5 nitrogen and oxygen atoms in total. The SMILES string of the molecule is CCOC(=O)C(C)=NN(C)C(=O)Cc1c(CC)cc(C)cc1CC. The largest absolute Gasteiger partial charge is 0.461 e. The molecule has 1 aromatic rings. The minimum absolute atomic E-state index is 0.146. The molecule has 0 N–H and O–H groups in total. The highest BCUT2D eigenvalue weighted by atomic mass is 16.5. The van der Waals surface area contributed by atoms with Gasteiger partial charge in [0.25, 0.3) is 0 Å². The zero-order chi connectivity index (χ0) is 18.3. The van der Waals surface area contributed by atoms with Crippen LogP contribution in [0.15, 0.2) is 17.2 Å². The van der Waals surface area contributed by atoms with E-state index < -0.39 is 5.97 Å². The van der Waals surface area contributed by atoms with E-state index >= 15 is 0 Å². The quantitative estimate of drug-likeness (QED) is 0.438. The van der Waals surface area contributed by atoms with Crippen molar-refractivity contribution in [1.82, 2.24) is 5.01 Å². The zero-order valence-electron chi connectivity index (χ0n) is 15.6. The van der Waals surface area contributed by atoms with Crippen molar-refractivity contribution in [2.24, 2.45) is 5.10 Å². The normalized spacial score (nSPS) is 11.3. The summed E-state index contributed by atoms with van der Waals surface area (Å²) < 4.78 is 4.88. The minimum atomic E-state index is -0.504. The summed E-state index contributed by atoms with van der Waals surface area (Å²) in [7, 11) is 1.57. The molecule has 1 aromatic carbocycles. The molecule has 1 rings (SSSR count). The van der Waals surface area contributed by atoms with Crippen LogP contribution in [0.5, 0.6) is 0 Å². The Kier molecular flexibility index (Phi) is 7.62. The average molecular weight is 332 g/mol. The van der Waals surface area contributed by atoms with Gasteiger partial charge in [0.1, 0.15) is 5.71 Å². The number of likely N-dealkylation sites (N-methyl/N-ethyl adjacent to an activating group) is 1. The molecular formula is C19H28N2O3. The van der Waals surface area contributed by atoms with E-state index in [1.165, 1.54) is 21.7 Å². The van der Waals surface area contributed by atoms with Gasteiger partial charge in [-0.3, -0.25) is 4.79 Å². The summed E-state index contributed by atoms with van der Waals surface area (Å²) in [5.74, 6) is -0.650. The molecule has 0 aliphatic carbocycles. The molecule has 5 heteroatoms. The van der Waals surface area contributed by atoms with Gasteiger partial charge in [-0.2, -0.15) is 5.10 Å². The van der Waals surface area contributed by atoms with Gasteiger partial charge in [-0.15, -0.1) is 0 Å². The van der Waals surface area contributed by atoms with Gasteiger partial charge in [-0.25, -0.2) is 9.80 Å². The molecule has 0 atom stereocenters. The molecule has 24 heavy (non-hydrogen) atoms. The summed E-state index contributed by atoms with van der Waals surface area (Å²) >= 11 is 0. The van der Waals surface area contributed by atoms with Gasteiger partial charge in [-0.1, -0.05) is 31.5 Å². The van der Waals surface area contributed by atoms with Gasteiger partial charge in [0, 0.05) is 7.05 Å². The van der Waals surface area contributed by atoms with Crippen LogP contribution in [0.4, 0.5) is 0 Å². The fourth-order valence-electron chi connectivity index (χ4n) is 2.65. The Bertz CT molecular complexity index is 610. The van der Waals surface area contributed by atoms with E-state index in [1.807, 2.05) is 0 Å². The topological polar surface area (TPSA) is 59.0 Å². The zero-order valence-corrected chi connectivity index (χ0v) is 15.6. The van der Waals surface area contributed by atoms with Crippen LogP contribution in [-0.2, 0) is 33.6 Å². The lowest BCUT2D eigenvalue weighted by Crippen LogP contribution is -2.27. The molecule has 0 spiro atoms. The van der Waals surface area contributed by atoms with Crippen LogP contribution in [-0.4, -0.2) is 36.3 Å². The number of hydrogen-bond acceptors (Lipinski definition) is 4. The highest BCUT2D eigenvalue weighted by Crippen LogP contribution is 2.20. The lowest BCUT2D eigenvalue weighted by Gasteiger charge is -2.17. The predicted octanol–water partition coefficient (Wildman–Crippen LogP) is 3.06. The number of aryl methyl sites for hydroxylation is 3. The number of carbonyl (C=O) groups excluding carboxylic acids is 2. The Hall–Kier alpha value is -2.17. The van der Waals surface area contributed by atoms with Crippen molar-refractivity contribution in [3.8, 4) is 0 Å². The average Bonchev–Trinajstić information content (AvgIpc) is 2.55. The smallest absolute Gasteiger partial charge is 0.354 e. The van der Waals surface area contributed by atoms with E-state index in [4.69, 9.17) is 4.74 Å². The summed E-state index contributed by atoms with van der Waals surface area (Å²) in [5.41, 5.74) is 4.85. The molecule has 0 saturated carbocycles. The van der Waals surface area contributed by atoms with E-state index in [-0.39, 0.29) is 24.6 Å². The third-order valence-corrected chi connectivity index (χ3v) is 3.90. The van der Waals surface area contributed by atoms with Crippen LogP contribution in [0, 0.1) is 6.92 Å². The van der Waals surface area contributed by atoms with E-state index in [0.717, 1.165) is 18.4 Å². The van der Waals surface area contributed by atoms with Crippen LogP contribution < -0.4 is 0 Å². The summed E-state index contributed by atoms with van der Waals surface area (Å²) in [5, 5.41) is 5.27. The fourth-order valence-corrected chi connectivity index (χ4v) is 2.65. The number of hydrazone groups is 1. The number of hydrogen-bond donors (Lipinski definition) is 0. The maximum absolute atomic E-state index is 12.5. The van der Waals surface area contributed by atoms with Crippen LogP contribution >= 0.6 is 0 Å². The third kappa shape index (κ3) is 5.18. The van der Waals surface area contributed by atoms with Gasteiger partial charge in [-0.05, 0) is 50.3 Å². The molecule has 0 fully saturated rings. The first-order chi connectivity index (χ1) is 11.3. The Balaban J connectivity index is 2.99. The molecule has 0 aliphatic rings. The van der Waals surface area contributed by atoms with Gasteiger partial charge in [0.15, 0.2) is 0 Å². The second-order valence-corrected chi connectivity index (χ2v) is 5.77. The highest BCUT2D eigenvalue weighted by Gasteiger charge is 2.16. The molecule has 0 saturated heterocycles. The molecule has 132 valence electrons. The molecule has 0 unspecified atom stereocenters. The number of amides is 1. The van der Waals surface area contributed by atoms with E-state index in [9.17, 15) is 9.59 Å². The summed E-state index contributed by atoms with van der Waals surface area (Å²) in [6.45, 7) is 9.82. The van der Waals surface area contributed by atoms with Gasteiger partial charge in [0.05, 0.1) is 13.0 Å². The van der Waals surface area contributed by atoms with Crippen molar-refractivity contribution in [3.05, 3.63) is 34.4 Å². The van der Waals surface area contributed by atoms with Gasteiger partial charge < -0.3 is 4.74 Å². The fraction of sp³-hybridized carbons (Fsp3) is 0.526. The molecule has 0 aromatic heterocycles. The monoisotopic (exact) mass is 332 g/mol. The number of esters is 1. The maximum atomic E-state index is 12.5. The van der Waals surface area contributed by atoms with Crippen LogP contribution in [0.2, 0.25) is 0 Å². The first-order valence-corrected chi connectivity index (χ1v) is 8.44. The third-order valence-electron chi connectivity index (χ3n) is 3.90.